The largest absolute Gasteiger partial charge is 0.278 e. The standard InChI is InChI=1S/C18H36N2/c1-14(19-15(2,3)10-11-16(19,4)5)20-17(6,7)12-13-18(20,8)9/h14H,10-13H2,1-9H3. The summed E-state index contributed by atoms with van der Waals surface area (Å²) < 4.78 is 0. The molecule has 2 heterocycles. The van der Waals surface area contributed by atoms with Gasteiger partial charge in [-0.2, -0.15) is 0 Å². The van der Waals surface area contributed by atoms with Crippen LogP contribution in [-0.2, 0) is 0 Å². The average molecular weight is 280 g/mol. The zero-order valence-electron chi connectivity index (χ0n) is 15.3. The predicted octanol–water partition coefficient (Wildman–Crippen LogP) is 4.64. The number of likely N-dealkylation sites (tertiary alicyclic amines) is 2. The molecule has 2 fully saturated rings. The van der Waals surface area contributed by atoms with Gasteiger partial charge in [0.05, 0.1) is 6.17 Å². The Morgan fingerprint density at radius 2 is 0.750 bits per heavy atom. The molecule has 2 aliphatic heterocycles. The third-order valence-corrected chi connectivity index (χ3v) is 6.05. The van der Waals surface area contributed by atoms with Crippen molar-refractivity contribution < 1.29 is 0 Å². The minimum atomic E-state index is 0.303. The highest BCUT2D eigenvalue weighted by Gasteiger charge is 2.54. The quantitative estimate of drug-likeness (QED) is 0.727. The Morgan fingerprint density at radius 1 is 0.550 bits per heavy atom. The molecule has 0 N–H and O–H groups in total. The summed E-state index contributed by atoms with van der Waals surface area (Å²) >= 11 is 0. The van der Waals surface area contributed by atoms with Gasteiger partial charge in [-0.25, -0.2) is 0 Å². The van der Waals surface area contributed by atoms with E-state index in [1.165, 1.54) is 25.7 Å². The van der Waals surface area contributed by atoms with Crippen molar-refractivity contribution in [2.45, 2.75) is 116 Å². The molecule has 2 aliphatic rings. The molecule has 0 bridgehead atoms. The molecule has 20 heavy (non-hydrogen) atoms. The second-order valence-electron chi connectivity index (χ2n) is 9.62. The average Bonchev–Trinajstić information content (AvgIpc) is 2.57. The van der Waals surface area contributed by atoms with E-state index >= 15 is 0 Å². The maximum absolute atomic E-state index is 2.79. The molecule has 118 valence electrons. The van der Waals surface area contributed by atoms with Gasteiger partial charge in [0.15, 0.2) is 0 Å². The molecule has 0 spiro atoms. The van der Waals surface area contributed by atoms with Gasteiger partial charge in [0, 0.05) is 22.2 Å². The lowest BCUT2D eigenvalue weighted by molar-refractivity contribution is -0.0975. The van der Waals surface area contributed by atoms with Crippen LogP contribution in [0.4, 0.5) is 0 Å². The van der Waals surface area contributed by atoms with Crippen molar-refractivity contribution in [3.63, 3.8) is 0 Å². The molecule has 0 aliphatic carbocycles. The second kappa shape index (κ2) is 4.46. The van der Waals surface area contributed by atoms with E-state index in [0.29, 0.717) is 28.3 Å². The van der Waals surface area contributed by atoms with Crippen LogP contribution in [0, 0.1) is 0 Å². The Balaban J connectivity index is 2.37. The molecule has 0 aromatic heterocycles. The molecule has 2 heteroatoms. The van der Waals surface area contributed by atoms with Gasteiger partial charge in [0.25, 0.3) is 0 Å². The summed E-state index contributed by atoms with van der Waals surface area (Å²) in [6.07, 6.45) is 5.71. The summed E-state index contributed by atoms with van der Waals surface area (Å²) in [6.45, 7) is 21.8. The fourth-order valence-corrected chi connectivity index (χ4v) is 5.48. The van der Waals surface area contributed by atoms with Crippen LogP contribution in [0.2, 0.25) is 0 Å². The zero-order chi connectivity index (χ0) is 15.6. The molecule has 0 saturated carbocycles. The van der Waals surface area contributed by atoms with Crippen molar-refractivity contribution in [1.82, 2.24) is 9.80 Å². The Labute approximate surface area is 126 Å². The summed E-state index contributed by atoms with van der Waals surface area (Å²) in [5.74, 6) is 0. The van der Waals surface area contributed by atoms with Crippen molar-refractivity contribution in [2.24, 2.45) is 0 Å². The van der Waals surface area contributed by atoms with Crippen LogP contribution in [0.3, 0.4) is 0 Å². The topological polar surface area (TPSA) is 6.48 Å². The number of hydrogen-bond donors (Lipinski definition) is 0. The normalized spacial score (nSPS) is 32.1. The number of rotatable bonds is 2. The summed E-state index contributed by atoms with van der Waals surface area (Å²) in [5, 5.41) is 0. The van der Waals surface area contributed by atoms with Crippen LogP contribution in [0.1, 0.15) is 88.0 Å². The Morgan fingerprint density at radius 3 is 0.950 bits per heavy atom. The number of hydrogen-bond acceptors (Lipinski definition) is 2. The van der Waals surface area contributed by atoms with Gasteiger partial charge in [-0.3, -0.25) is 9.80 Å². The molecule has 0 amide bonds. The van der Waals surface area contributed by atoms with Crippen LogP contribution in [-0.4, -0.2) is 38.1 Å². The summed E-state index contributed by atoms with van der Waals surface area (Å²) in [5.41, 5.74) is 1.21. The molecule has 2 nitrogen and oxygen atoms in total. The van der Waals surface area contributed by atoms with Crippen molar-refractivity contribution in [3.05, 3.63) is 0 Å². The van der Waals surface area contributed by atoms with Gasteiger partial charge in [-0.15, -0.1) is 0 Å². The number of nitrogens with zero attached hydrogens (tertiary/aromatic N) is 2. The van der Waals surface area contributed by atoms with E-state index in [1.54, 1.807) is 0 Å². The third-order valence-electron chi connectivity index (χ3n) is 6.05. The van der Waals surface area contributed by atoms with E-state index in [9.17, 15) is 0 Å². The van der Waals surface area contributed by atoms with Gasteiger partial charge in [-0.1, -0.05) is 0 Å². The lowest BCUT2D eigenvalue weighted by Gasteiger charge is -2.54. The summed E-state index contributed by atoms with van der Waals surface area (Å²) in [6, 6.07) is 0. The van der Waals surface area contributed by atoms with E-state index in [0.717, 1.165) is 0 Å². The first kappa shape index (κ1) is 16.3. The van der Waals surface area contributed by atoms with E-state index in [4.69, 9.17) is 0 Å². The molecule has 0 atom stereocenters. The molecular formula is C18H36N2. The van der Waals surface area contributed by atoms with Crippen LogP contribution in [0.15, 0.2) is 0 Å². The molecule has 0 unspecified atom stereocenters. The SMILES string of the molecule is CC(N1C(C)(C)CCC1(C)C)N1C(C)(C)CCC1(C)C. The van der Waals surface area contributed by atoms with Gasteiger partial charge in [-0.05, 0) is 88.0 Å². The van der Waals surface area contributed by atoms with Crippen molar-refractivity contribution in [3.8, 4) is 0 Å². The Kier molecular flexibility index (Phi) is 3.63. The Hall–Kier alpha value is -0.0800. The maximum Gasteiger partial charge on any atom is 0.0612 e. The summed E-state index contributed by atoms with van der Waals surface area (Å²) in [4.78, 5) is 5.57. The fraction of sp³-hybridized carbons (Fsp3) is 1.00. The molecule has 0 radical (unpaired) electrons. The van der Waals surface area contributed by atoms with E-state index in [-0.39, 0.29) is 0 Å². The molecule has 2 saturated heterocycles. The third kappa shape index (κ3) is 2.43. The van der Waals surface area contributed by atoms with Gasteiger partial charge >= 0.3 is 0 Å². The molecule has 2 rings (SSSR count). The highest BCUT2D eigenvalue weighted by atomic mass is 15.5. The highest BCUT2D eigenvalue weighted by Crippen LogP contribution is 2.48. The monoisotopic (exact) mass is 280 g/mol. The van der Waals surface area contributed by atoms with Gasteiger partial charge < -0.3 is 0 Å². The van der Waals surface area contributed by atoms with E-state index in [2.05, 4.69) is 72.1 Å². The van der Waals surface area contributed by atoms with E-state index in [1.807, 2.05) is 0 Å². The van der Waals surface area contributed by atoms with Crippen LogP contribution in [0.5, 0.6) is 0 Å². The van der Waals surface area contributed by atoms with Gasteiger partial charge in [0.1, 0.15) is 0 Å². The minimum absolute atomic E-state index is 0.303. The first-order valence-corrected chi connectivity index (χ1v) is 8.40. The van der Waals surface area contributed by atoms with E-state index < -0.39 is 0 Å². The van der Waals surface area contributed by atoms with Crippen LogP contribution in [0.25, 0.3) is 0 Å². The van der Waals surface area contributed by atoms with Gasteiger partial charge in [0.2, 0.25) is 0 Å². The molecule has 0 aromatic carbocycles. The second-order valence-corrected chi connectivity index (χ2v) is 9.62. The lowest BCUT2D eigenvalue weighted by Crippen LogP contribution is -2.65. The van der Waals surface area contributed by atoms with Crippen LogP contribution >= 0.6 is 0 Å². The minimum Gasteiger partial charge on any atom is -0.278 e. The van der Waals surface area contributed by atoms with Crippen molar-refractivity contribution >= 4 is 0 Å². The summed E-state index contributed by atoms with van der Waals surface area (Å²) in [7, 11) is 0. The maximum atomic E-state index is 2.79. The zero-order valence-corrected chi connectivity index (χ0v) is 15.3. The molecule has 0 aromatic rings. The highest BCUT2D eigenvalue weighted by molar-refractivity contribution is 5.08. The first-order chi connectivity index (χ1) is 8.81. The van der Waals surface area contributed by atoms with Crippen LogP contribution < -0.4 is 0 Å². The van der Waals surface area contributed by atoms with Crippen molar-refractivity contribution in [2.75, 3.05) is 0 Å². The molecular weight excluding hydrogens is 244 g/mol. The fourth-order valence-electron chi connectivity index (χ4n) is 5.48. The first-order valence-electron chi connectivity index (χ1n) is 8.40. The van der Waals surface area contributed by atoms with Crippen molar-refractivity contribution in [1.29, 1.82) is 0 Å². The smallest absolute Gasteiger partial charge is 0.0612 e. The predicted molar refractivity (Wildman–Crippen MR) is 87.9 cm³/mol. The lowest BCUT2D eigenvalue weighted by atomic mass is 9.97. The Bertz CT molecular complexity index is 311.